The van der Waals surface area contributed by atoms with Crippen molar-refractivity contribution < 1.29 is 0 Å². The zero-order valence-corrected chi connectivity index (χ0v) is 14.9. The number of aromatic amines is 2. The maximum absolute atomic E-state index is 12.7. The van der Waals surface area contributed by atoms with Gasteiger partial charge in [0.25, 0.3) is 0 Å². The minimum absolute atomic E-state index is 0.214. The lowest BCUT2D eigenvalue weighted by Gasteiger charge is -2.31. The summed E-state index contributed by atoms with van der Waals surface area (Å²) in [6.07, 6.45) is 1.77. The Balaban J connectivity index is 1.78. The van der Waals surface area contributed by atoms with Gasteiger partial charge >= 0.3 is 5.69 Å². The van der Waals surface area contributed by atoms with Gasteiger partial charge in [-0.25, -0.2) is 4.79 Å². The number of hydrogen-bond acceptors (Lipinski definition) is 6. The maximum atomic E-state index is 12.7. The maximum Gasteiger partial charge on any atom is 0.332 e. The Morgan fingerprint density at radius 2 is 2.15 bits per heavy atom. The third-order valence-corrected chi connectivity index (χ3v) is 5.74. The molecule has 4 aromatic rings. The lowest BCUT2D eigenvalue weighted by Crippen LogP contribution is -2.27. The molecule has 0 amide bonds. The molecule has 132 valence electrons. The number of aromatic nitrogens is 5. The van der Waals surface area contributed by atoms with Gasteiger partial charge in [0.15, 0.2) is 11.3 Å². The molecule has 8 nitrogen and oxygen atoms in total. The monoisotopic (exact) mass is 375 g/mol. The molecule has 1 aliphatic heterocycles. The van der Waals surface area contributed by atoms with Crippen LogP contribution in [-0.2, 0) is 0 Å². The predicted octanol–water partition coefficient (Wildman–Crippen LogP) is 2.54. The van der Waals surface area contributed by atoms with Crippen LogP contribution < -0.4 is 10.6 Å². The molecule has 1 aliphatic rings. The molecule has 0 unspecified atom stereocenters. The van der Waals surface area contributed by atoms with E-state index in [1.807, 2.05) is 29.2 Å². The number of rotatable bonds is 2. The second kappa shape index (κ2) is 5.75. The smallest absolute Gasteiger partial charge is 0.332 e. The van der Waals surface area contributed by atoms with Gasteiger partial charge in [0.1, 0.15) is 12.1 Å². The molecular weight excluding hydrogens is 362 g/mol. The molecule has 1 aromatic carbocycles. The van der Waals surface area contributed by atoms with Crippen molar-refractivity contribution in [1.82, 2.24) is 24.7 Å². The standard InChI is InChI=1S/C18H13N7OS/c1-10-9-27-14-3-2-11(8-13(14)24(10)7-5-19)25-15-12-4-6-20-16(12)22-23-17(15)21-18(25)26/h2-4,6,8H,1,7,9H2,(H,20,22)(H,21,23,26). The van der Waals surface area contributed by atoms with E-state index in [9.17, 15) is 10.1 Å². The molecule has 3 aromatic heterocycles. The van der Waals surface area contributed by atoms with Crippen LogP contribution in [0.25, 0.3) is 27.9 Å². The van der Waals surface area contributed by atoms with E-state index in [-0.39, 0.29) is 12.2 Å². The van der Waals surface area contributed by atoms with Crippen LogP contribution in [0.4, 0.5) is 5.69 Å². The van der Waals surface area contributed by atoms with Crippen LogP contribution in [0.5, 0.6) is 0 Å². The highest BCUT2D eigenvalue weighted by Crippen LogP contribution is 2.39. The van der Waals surface area contributed by atoms with Gasteiger partial charge in [-0.05, 0) is 24.3 Å². The Hall–Kier alpha value is -3.51. The zero-order chi connectivity index (χ0) is 18.5. The van der Waals surface area contributed by atoms with Crippen molar-refractivity contribution in [2.75, 3.05) is 17.2 Å². The molecule has 27 heavy (non-hydrogen) atoms. The number of imidazole rings is 1. The summed E-state index contributed by atoms with van der Waals surface area (Å²) in [4.78, 5) is 21.4. The molecule has 0 radical (unpaired) electrons. The molecule has 0 spiro atoms. The number of nitrogens with one attached hydrogen (secondary N) is 2. The average Bonchev–Trinajstić information content (AvgIpc) is 3.27. The van der Waals surface area contributed by atoms with Gasteiger partial charge in [-0.1, -0.05) is 6.58 Å². The van der Waals surface area contributed by atoms with E-state index in [0.717, 1.165) is 27.4 Å². The molecular formula is C18H13N7OS. The van der Waals surface area contributed by atoms with Gasteiger partial charge in [0, 0.05) is 27.9 Å². The first-order valence-electron chi connectivity index (χ1n) is 8.21. The summed E-state index contributed by atoms with van der Waals surface area (Å²) in [6, 6.07) is 9.84. The normalized spacial score (nSPS) is 13.9. The fourth-order valence-corrected chi connectivity index (χ4v) is 4.34. The predicted molar refractivity (Wildman–Crippen MR) is 104 cm³/mol. The second-order valence-corrected chi connectivity index (χ2v) is 7.17. The Morgan fingerprint density at radius 3 is 3.00 bits per heavy atom. The summed E-state index contributed by atoms with van der Waals surface area (Å²) >= 11 is 1.67. The highest BCUT2D eigenvalue weighted by molar-refractivity contribution is 7.99. The Labute approximate surface area is 157 Å². The first-order chi connectivity index (χ1) is 13.2. The fourth-order valence-electron chi connectivity index (χ4n) is 3.38. The van der Waals surface area contributed by atoms with Crippen molar-refractivity contribution in [2.45, 2.75) is 4.90 Å². The van der Waals surface area contributed by atoms with Crippen molar-refractivity contribution in [1.29, 1.82) is 5.26 Å². The minimum atomic E-state index is -0.290. The number of fused-ring (bicyclic) bond motifs is 4. The van der Waals surface area contributed by atoms with Crippen LogP contribution >= 0.6 is 11.8 Å². The molecule has 0 atom stereocenters. The molecule has 0 bridgehead atoms. The SMILES string of the molecule is C=C1CSc2ccc(-n3c(=O)[nH]c4nnc5[nH]ccc5c43)cc2N1CC#N. The number of benzene rings is 1. The lowest BCUT2D eigenvalue weighted by atomic mass is 10.2. The van der Waals surface area contributed by atoms with E-state index in [1.165, 1.54) is 0 Å². The van der Waals surface area contributed by atoms with Gasteiger partial charge in [0.2, 0.25) is 0 Å². The Morgan fingerprint density at radius 1 is 1.30 bits per heavy atom. The summed E-state index contributed by atoms with van der Waals surface area (Å²) in [5.41, 5.74) is 3.86. The van der Waals surface area contributed by atoms with Gasteiger partial charge in [-0.15, -0.1) is 22.0 Å². The fraction of sp³-hybridized carbons (Fsp3) is 0.111. The number of anilines is 1. The average molecular weight is 375 g/mol. The summed E-state index contributed by atoms with van der Waals surface area (Å²) in [7, 11) is 0. The van der Waals surface area contributed by atoms with E-state index in [0.29, 0.717) is 22.5 Å². The minimum Gasteiger partial charge on any atom is -0.345 e. The number of nitrogens with zero attached hydrogens (tertiary/aromatic N) is 5. The summed E-state index contributed by atoms with van der Waals surface area (Å²) in [5, 5.41) is 18.2. The lowest BCUT2D eigenvalue weighted by molar-refractivity contribution is 0.972. The van der Waals surface area contributed by atoms with E-state index in [1.54, 1.807) is 22.5 Å². The second-order valence-electron chi connectivity index (χ2n) is 6.15. The number of nitriles is 1. The van der Waals surface area contributed by atoms with Crippen LogP contribution in [-0.4, -0.2) is 37.0 Å². The van der Waals surface area contributed by atoms with Crippen molar-refractivity contribution in [3.05, 3.63) is 53.2 Å². The zero-order valence-electron chi connectivity index (χ0n) is 14.1. The highest BCUT2D eigenvalue weighted by atomic mass is 32.2. The van der Waals surface area contributed by atoms with E-state index in [4.69, 9.17) is 0 Å². The topological polar surface area (TPSA) is 106 Å². The van der Waals surface area contributed by atoms with Gasteiger partial charge in [-0.3, -0.25) is 9.55 Å². The summed E-state index contributed by atoms with van der Waals surface area (Å²) in [6.45, 7) is 4.28. The van der Waals surface area contributed by atoms with Gasteiger partial charge in [0.05, 0.1) is 17.4 Å². The van der Waals surface area contributed by atoms with Crippen LogP contribution in [0.3, 0.4) is 0 Å². The summed E-state index contributed by atoms with van der Waals surface area (Å²) in [5.74, 6) is 0.737. The number of hydrogen-bond donors (Lipinski definition) is 2. The molecule has 4 heterocycles. The molecule has 2 N–H and O–H groups in total. The number of thioether (sulfide) groups is 1. The largest absolute Gasteiger partial charge is 0.345 e. The molecule has 0 fully saturated rings. The first-order valence-corrected chi connectivity index (χ1v) is 9.20. The van der Waals surface area contributed by atoms with E-state index in [2.05, 4.69) is 32.8 Å². The van der Waals surface area contributed by atoms with E-state index < -0.39 is 0 Å². The summed E-state index contributed by atoms with van der Waals surface area (Å²) < 4.78 is 1.59. The first kappa shape index (κ1) is 15.7. The highest BCUT2D eigenvalue weighted by Gasteiger charge is 2.22. The van der Waals surface area contributed by atoms with Crippen molar-refractivity contribution in [2.24, 2.45) is 0 Å². The third kappa shape index (κ3) is 2.27. The van der Waals surface area contributed by atoms with Gasteiger partial charge < -0.3 is 9.88 Å². The van der Waals surface area contributed by atoms with Crippen molar-refractivity contribution >= 4 is 39.6 Å². The van der Waals surface area contributed by atoms with Crippen molar-refractivity contribution in [3.63, 3.8) is 0 Å². The van der Waals surface area contributed by atoms with Crippen LogP contribution in [0.1, 0.15) is 0 Å². The Bertz CT molecular complexity index is 1320. The van der Waals surface area contributed by atoms with E-state index >= 15 is 0 Å². The molecule has 0 saturated heterocycles. The Kier molecular flexibility index (Phi) is 3.35. The molecule has 5 rings (SSSR count). The quantitative estimate of drug-likeness (QED) is 0.522. The van der Waals surface area contributed by atoms with Crippen LogP contribution in [0, 0.1) is 11.3 Å². The van der Waals surface area contributed by atoms with Crippen molar-refractivity contribution in [3.8, 4) is 11.8 Å². The molecule has 0 aliphatic carbocycles. The van der Waals surface area contributed by atoms with Crippen LogP contribution in [0.15, 0.2) is 52.4 Å². The molecule has 9 heteroatoms. The molecule has 0 saturated carbocycles. The van der Waals surface area contributed by atoms with Gasteiger partial charge in [-0.2, -0.15) is 5.26 Å². The number of H-pyrrole nitrogens is 2. The third-order valence-electron chi connectivity index (χ3n) is 4.60. The van der Waals surface area contributed by atoms with Crippen LogP contribution in [0.2, 0.25) is 0 Å².